The largest absolute Gasteiger partial charge is 0.309 e. The van der Waals surface area contributed by atoms with Crippen LogP contribution in [0.1, 0.15) is 52.3 Å². The van der Waals surface area contributed by atoms with Crippen LogP contribution in [-0.4, -0.2) is 7.05 Å². The van der Waals surface area contributed by atoms with Crippen LogP contribution in [-0.2, 0) is 12.8 Å². The Morgan fingerprint density at radius 3 is 2.19 bits per heavy atom. The Bertz CT molecular complexity index is 642. The minimum absolute atomic E-state index is 0.288. The zero-order valence-electron chi connectivity index (χ0n) is 13.4. The summed E-state index contributed by atoms with van der Waals surface area (Å²) in [6.07, 6.45) is 5.18. The highest BCUT2D eigenvalue weighted by molar-refractivity contribution is 5.41. The molecule has 21 heavy (non-hydrogen) atoms. The van der Waals surface area contributed by atoms with E-state index in [0.717, 1.165) is 0 Å². The van der Waals surface area contributed by atoms with Crippen LogP contribution in [0.15, 0.2) is 36.4 Å². The molecule has 0 spiro atoms. The lowest BCUT2D eigenvalue weighted by Crippen LogP contribution is -2.18. The molecule has 0 heterocycles. The number of rotatable bonds is 3. The summed E-state index contributed by atoms with van der Waals surface area (Å²) in [5.41, 5.74) is 8.59. The van der Waals surface area contributed by atoms with Crippen LogP contribution in [0, 0.1) is 13.8 Å². The van der Waals surface area contributed by atoms with Gasteiger partial charge in [0.2, 0.25) is 0 Å². The number of aryl methyl sites for hydroxylation is 4. The third-order valence-electron chi connectivity index (χ3n) is 4.86. The highest BCUT2D eigenvalue weighted by Crippen LogP contribution is 2.28. The average molecular weight is 279 g/mol. The van der Waals surface area contributed by atoms with Gasteiger partial charge < -0.3 is 5.32 Å². The van der Waals surface area contributed by atoms with Crippen LogP contribution in [0.5, 0.6) is 0 Å². The van der Waals surface area contributed by atoms with Gasteiger partial charge in [-0.25, -0.2) is 0 Å². The van der Waals surface area contributed by atoms with Gasteiger partial charge in [-0.1, -0.05) is 36.4 Å². The summed E-state index contributed by atoms with van der Waals surface area (Å²) in [4.78, 5) is 0. The second kappa shape index (κ2) is 6.03. The SMILES string of the molecule is CNC(c1ccc(C)c(C)c1)c1ccc2c(c1)CCCC2. The van der Waals surface area contributed by atoms with Crippen molar-refractivity contribution in [3.8, 4) is 0 Å². The van der Waals surface area contributed by atoms with Crippen molar-refractivity contribution in [1.82, 2.24) is 5.32 Å². The van der Waals surface area contributed by atoms with Crippen molar-refractivity contribution in [2.45, 2.75) is 45.6 Å². The van der Waals surface area contributed by atoms with Crippen molar-refractivity contribution < 1.29 is 0 Å². The smallest absolute Gasteiger partial charge is 0.0574 e. The molecular weight excluding hydrogens is 254 g/mol. The molecule has 0 aromatic heterocycles. The standard InChI is InChI=1S/C20H25N/c1-14-8-9-18(12-15(14)2)20(21-3)19-11-10-16-6-4-5-7-17(16)13-19/h8-13,20-21H,4-7H2,1-3H3. The van der Waals surface area contributed by atoms with Gasteiger partial charge in [0.15, 0.2) is 0 Å². The Morgan fingerprint density at radius 1 is 0.810 bits per heavy atom. The lowest BCUT2D eigenvalue weighted by molar-refractivity contribution is 0.667. The molecule has 1 nitrogen and oxygen atoms in total. The number of nitrogens with one attached hydrogen (secondary N) is 1. The van der Waals surface area contributed by atoms with Gasteiger partial charge in [0.05, 0.1) is 6.04 Å². The predicted octanol–water partition coefficient (Wildman–Crippen LogP) is 4.49. The van der Waals surface area contributed by atoms with E-state index in [9.17, 15) is 0 Å². The van der Waals surface area contributed by atoms with Gasteiger partial charge in [-0.3, -0.25) is 0 Å². The van der Waals surface area contributed by atoms with E-state index in [-0.39, 0.29) is 6.04 Å². The normalized spacial score (nSPS) is 15.6. The molecule has 0 fully saturated rings. The van der Waals surface area contributed by atoms with E-state index in [1.54, 1.807) is 11.1 Å². The number of benzene rings is 2. The van der Waals surface area contributed by atoms with Crippen LogP contribution in [0.2, 0.25) is 0 Å². The fourth-order valence-electron chi connectivity index (χ4n) is 3.40. The first-order valence-corrected chi connectivity index (χ1v) is 8.05. The summed E-state index contributed by atoms with van der Waals surface area (Å²) >= 11 is 0. The molecule has 0 radical (unpaired) electrons. The van der Waals surface area contributed by atoms with Crippen molar-refractivity contribution >= 4 is 0 Å². The average Bonchev–Trinajstić information content (AvgIpc) is 2.51. The molecule has 0 amide bonds. The summed E-state index contributed by atoms with van der Waals surface area (Å²) in [6, 6.07) is 14.2. The molecule has 0 saturated carbocycles. The zero-order valence-corrected chi connectivity index (χ0v) is 13.4. The van der Waals surface area contributed by atoms with Gasteiger partial charge in [-0.2, -0.15) is 0 Å². The fourth-order valence-corrected chi connectivity index (χ4v) is 3.40. The molecule has 1 heteroatoms. The van der Waals surface area contributed by atoms with E-state index in [2.05, 4.69) is 62.6 Å². The molecule has 2 aromatic carbocycles. The quantitative estimate of drug-likeness (QED) is 0.873. The van der Waals surface area contributed by atoms with Crippen molar-refractivity contribution in [3.63, 3.8) is 0 Å². The Kier molecular flexibility index (Phi) is 4.12. The molecule has 1 aliphatic carbocycles. The van der Waals surface area contributed by atoms with Crippen LogP contribution in [0.25, 0.3) is 0 Å². The predicted molar refractivity (Wildman–Crippen MR) is 89.9 cm³/mol. The maximum absolute atomic E-state index is 3.49. The summed E-state index contributed by atoms with van der Waals surface area (Å²) in [5.74, 6) is 0. The summed E-state index contributed by atoms with van der Waals surface area (Å²) in [6.45, 7) is 4.37. The molecule has 1 unspecified atom stereocenters. The Morgan fingerprint density at radius 2 is 1.48 bits per heavy atom. The van der Waals surface area contributed by atoms with E-state index < -0.39 is 0 Å². The first kappa shape index (κ1) is 14.3. The number of hydrogen-bond acceptors (Lipinski definition) is 1. The van der Waals surface area contributed by atoms with Crippen LogP contribution in [0.3, 0.4) is 0 Å². The fraction of sp³-hybridized carbons (Fsp3) is 0.400. The number of hydrogen-bond donors (Lipinski definition) is 1. The highest BCUT2D eigenvalue weighted by Gasteiger charge is 2.16. The first-order chi connectivity index (χ1) is 10.2. The van der Waals surface area contributed by atoms with Gasteiger partial charge in [0.1, 0.15) is 0 Å². The molecule has 1 N–H and O–H groups in total. The Labute approximate surface area is 128 Å². The second-order valence-electron chi connectivity index (χ2n) is 6.30. The Balaban J connectivity index is 1.97. The molecule has 1 atom stereocenters. The maximum atomic E-state index is 3.49. The molecule has 3 rings (SSSR count). The van der Waals surface area contributed by atoms with Gasteiger partial charge in [-0.05, 0) is 80.0 Å². The Hall–Kier alpha value is -1.60. The van der Waals surface area contributed by atoms with Gasteiger partial charge in [0.25, 0.3) is 0 Å². The monoisotopic (exact) mass is 279 g/mol. The summed E-state index contributed by atoms with van der Waals surface area (Å²) in [7, 11) is 2.05. The minimum atomic E-state index is 0.288. The molecule has 0 aliphatic heterocycles. The van der Waals surface area contributed by atoms with E-state index in [1.165, 1.54) is 47.9 Å². The van der Waals surface area contributed by atoms with Crippen LogP contribution < -0.4 is 5.32 Å². The highest BCUT2D eigenvalue weighted by atomic mass is 14.9. The first-order valence-electron chi connectivity index (χ1n) is 8.05. The second-order valence-corrected chi connectivity index (χ2v) is 6.30. The molecule has 110 valence electrons. The van der Waals surface area contributed by atoms with Gasteiger partial charge >= 0.3 is 0 Å². The van der Waals surface area contributed by atoms with Gasteiger partial charge in [0, 0.05) is 0 Å². The number of fused-ring (bicyclic) bond motifs is 1. The van der Waals surface area contributed by atoms with E-state index >= 15 is 0 Å². The third-order valence-corrected chi connectivity index (χ3v) is 4.86. The van der Waals surface area contributed by atoms with E-state index in [4.69, 9.17) is 0 Å². The summed E-state index contributed by atoms with van der Waals surface area (Å²) < 4.78 is 0. The van der Waals surface area contributed by atoms with Crippen LogP contribution >= 0.6 is 0 Å². The molecule has 0 bridgehead atoms. The zero-order chi connectivity index (χ0) is 14.8. The topological polar surface area (TPSA) is 12.0 Å². The van der Waals surface area contributed by atoms with Crippen molar-refractivity contribution in [2.24, 2.45) is 0 Å². The lowest BCUT2D eigenvalue weighted by Gasteiger charge is -2.22. The molecule has 0 saturated heterocycles. The molecular formula is C20H25N. The lowest BCUT2D eigenvalue weighted by atomic mass is 9.87. The van der Waals surface area contributed by atoms with Crippen molar-refractivity contribution in [3.05, 3.63) is 69.8 Å². The third kappa shape index (κ3) is 2.89. The van der Waals surface area contributed by atoms with Gasteiger partial charge in [-0.15, -0.1) is 0 Å². The van der Waals surface area contributed by atoms with Crippen molar-refractivity contribution in [1.29, 1.82) is 0 Å². The molecule has 1 aliphatic rings. The van der Waals surface area contributed by atoms with Crippen LogP contribution in [0.4, 0.5) is 0 Å². The maximum Gasteiger partial charge on any atom is 0.0574 e. The minimum Gasteiger partial charge on any atom is -0.309 e. The van der Waals surface area contributed by atoms with E-state index in [1.807, 2.05) is 0 Å². The van der Waals surface area contributed by atoms with Crippen molar-refractivity contribution in [2.75, 3.05) is 7.05 Å². The summed E-state index contributed by atoms with van der Waals surface area (Å²) in [5, 5.41) is 3.49. The van der Waals surface area contributed by atoms with E-state index in [0.29, 0.717) is 0 Å². The molecule has 2 aromatic rings.